The van der Waals surface area contributed by atoms with E-state index in [9.17, 15) is 0 Å². The first-order valence-electron chi connectivity index (χ1n) is 6.45. The number of ether oxygens (including phenoxy) is 1. The highest BCUT2D eigenvalue weighted by molar-refractivity contribution is 4.82. The number of nitrogens with one attached hydrogen (secondary N) is 1. The summed E-state index contributed by atoms with van der Waals surface area (Å²) in [7, 11) is 4.28. The molecule has 2 rings (SSSR count). The van der Waals surface area contributed by atoms with E-state index in [2.05, 4.69) is 29.2 Å². The Bertz CT molecular complexity index is 204. The van der Waals surface area contributed by atoms with Gasteiger partial charge in [-0.2, -0.15) is 0 Å². The molecule has 1 N–H and O–H groups in total. The van der Waals surface area contributed by atoms with Crippen molar-refractivity contribution in [3.8, 4) is 0 Å². The topological polar surface area (TPSA) is 27.7 Å². The van der Waals surface area contributed by atoms with Crippen LogP contribution < -0.4 is 5.32 Å². The summed E-state index contributed by atoms with van der Waals surface area (Å²) in [6.07, 6.45) is 1.16. The summed E-state index contributed by atoms with van der Waals surface area (Å²) in [5.74, 6) is 0.669. The first-order valence-corrected chi connectivity index (χ1v) is 6.45. The van der Waals surface area contributed by atoms with Gasteiger partial charge in [-0.25, -0.2) is 0 Å². The molecule has 2 aliphatic rings. The van der Waals surface area contributed by atoms with Crippen molar-refractivity contribution in [2.75, 3.05) is 60.0 Å². The summed E-state index contributed by atoms with van der Waals surface area (Å²) in [5, 5.41) is 3.44. The summed E-state index contributed by atoms with van der Waals surface area (Å²) >= 11 is 0. The summed E-state index contributed by atoms with van der Waals surface area (Å²) in [6, 6.07) is 0.647. The number of hydrogen-bond acceptors (Lipinski definition) is 4. The SMILES string of the molecule is CNC1CCOCC1CN1CCN(C)CC1. The van der Waals surface area contributed by atoms with Crippen LogP contribution >= 0.6 is 0 Å². The Hall–Kier alpha value is -0.160. The Morgan fingerprint density at radius 2 is 2.00 bits per heavy atom. The molecule has 2 atom stereocenters. The Balaban J connectivity index is 1.78. The van der Waals surface area contributed by atoms with Crippen molar-refractivity contribution in [3.63, 3.8) is 0 Å². The molecule has 0 aromatic heterocycles. The molecule has 0 aliphatic carbocycles. The zero-order chi connectivity index (χ0) is 11.4. The highest BCUT2D eigenvalue weighted by Crippen LogP contribution is 2.16. The van der Waals surface area contributed by atoms with E-state index in [0.717, 1.165) is 19.6 Å². The minimum atomic E-state index is 0.647. The van der Waals surface area contributed by atoms with Crippen LogP contribution in [0.5, 0.6) is 0 Å². The zero-order valence-corrected chi connectivity index (χ0v) is 10.6. The van der Waals surface area contributed by atoms with Crippen molar-refractivity contribution < 1.29 is 4.74 Å². The molecule has 0 aromatic carbocycles. The third-order valence-electron chi connectivity index (χ3n) is 3.93. The second kappa shape index (κ2) is 5.96. The van der Waals surface area contributed by atoms with E-state index in [-0.39, 0.29) is 0 Å². The van der Waals surface area contributed by atoms with Crippen LogP contribution in [0, 0.1) is 5.92 Å². The lowest BCUT2D eigenvalue weighted by Crippen LogP contribution is -2.51. The molecular weight excluding hydrogens is 202 g/mol. The quantitative estimate of drug-likeness (QED) is 0.726. The van der Waals surface area contributed by atoms with E-state index in [1.807, 2.05) is 0 Å². The lowest BCUT2D eigenvalue weighted by molar-refractivity contribution is 0.0120. The van der Waals surface area contributed by atoms with Gasteiger partial charge in [0.25, 0.3) is 0 Å². The van der Waals surface area contributed by atoms with Gasteiger partial charge in [0, 0.05) is 51.3 Å². The molecule has 2 fully saturated rings. The highest BCUT2D eigenvalue weighted by atomic mass is 16.5. The molecule has 0 aromatic rings. The molecule has 0 spiro atoms. The molecule has 0 bridgehead atoms. The maximum atomic E-state index is 5.60. The van der Waals surface area contributed by atoms with Gasteiger partial charge in [0.1, 0.15) is 0 Å². The summed E-state index contributed by atoms with van der Waals surface area (Å²) in [5.41, 5.74) is 0. The third-order valence-corrected chi connectivity index (χ3v) is 3.93. The summed E-state index contributed by atoms with van der Waals surface area (Å²) in [4.78, 5) is 4.99. The van der Waals surface area contributed by atoms with Gasteiger partial charge in [0.15, 0.2) is 0 Å². The average molecular weight is 227 g/mol. The molecule has 2 unspecified atom stereocenters. The van der Waals surface area contributed by atoms with Gasteiger partial charge in [-0.05, 0) is 20.5 Å². The van der Waals surface area contributed by atoms with Crippen molar-refractivity contribution in [3.05, 3.63) is 0 Å². The van der Waals surface area contributed by atoms with E-state index in [0.29, 0.717) is 12.0 Å². The third kappa shape index (κ3) is 3.17. The van der Waals surface area contributed by atoms with Crippen molar-refractivity contribution in [1.82, 2.24) is 15.1 Å². The molecule has 94 valence electrons. The van der Waals surface area contributed by atoms with Crippen LogP contribution in [-0.2, 0) is 4.74 Å². The van der Waals surface area contributed by atoms with E-state index >= 15 is 0 Å². The number of nitrogens with zero attached hydrogens (tertiary/aromatic N) is 2. The molecule has 4 nitrogen and oxygen atoms in total. The van der Waals surface area contributed by atoms with Gasteiger partial charge >= 0.3 is 0 Å². The van der Waals surface area contributed by atoms with Gasteiger partial charge in [-0.1, -0.05) is 0 Å². The lowest BCUT2D eigenvalue weighted by atomic mass is 9.95. The molecule has 2 heterocycles. The van der Waals surface area contributed by atoms with Crippen molar-refractivity contribution >= 4 is 0 Å². The average Bonchev–Trinajstić information content (AvgIpc) is 2.33. The first-order chi connectivity index (χ1) is 7.79. The number of rotatable bonds is 3. The lowest BCUT2D eigenvalue weighted by Gasteiger charge is -2.38. The number of piperazine rings is 1. The van der Waals surface area contributed by atoms with Crippen molar-refractivity contribution in [2.24, 2.45) is 5.92 Å². The molecule has 0 radical (unpaired) electrons. The fraction of sp³-hybridized carbons (Fsp3) is 1.00. The molecule has 2 aliphatic heterocycles. The fourth-order valence-electron chi connectivity index (χ4n) is 2.72. The summed E-state index contributed by atoms with van der Waals surface area (Å²) in [6.45, 7) is 7.88. The molecule has 0 amide bonds. The van der Waals surface area contributed by atoms with Crippen LogP contribution in [0.3, 0.4) is 0 Å². The van der Waals surface area contributed by atoms with Crippen molar-refractivity contribution in [2.45, 2.75) is 12.5 Å². The van der Waals surface area contributed by atoms with E-state index < -0.39 is 0 Å². The Morgan fingerprint density at radius 1 is 1.25 bits per heavy atom. The van der Waals surface area contributed by atoms with Gasteiger partial charge in [-0.15, -0.1) is 0 Å². The predicted molar refractivity (Wildman–Crippen MR) is 65.7 cm³/mol. The van der Waals surface area contributed by atoms with Crippen LogP contribution in [0.25, 0.3) is 0 Å². The number of hydrogen-bond donors (Lipinski definition) is 1. The number of likely N-dealkylation sites (N-methyl/N-ethyl adjacent to an activating group) is 1. The first kappa shape index (κ1) is 12.3. The van der Waals surface area contributed by atoms with Gasteiger partial charge in [-0.3, -0.25) is 0 Å². The van der Waals surface area contributed by atoms with Gasteiger partial charge in [0.2, 0.25) is 0 Å². The Labute approximate surface area is 98.9 Å². The zero-order valence-electron chi connectivity index (χ0n) is 10.6. The normalized spacial score (nSPS) is 34.1. The van der Waals surface area contributed by atoms with Crippen LogP contribution in [0.15, 0.2) is 0 Å². The maximum absolute atomic E-state index is 5.60. The van der Waals surface area contributed by atoms with E-state index in [4.69, 9.17) is 4.74 Å². The standard InChI is InChI=1S/C12H25N3O/c1-13-12-3-8-16-10-11(12)9-15-6-4-14(2)5-7-15/h11-13H,3-10H2,1-2H3. The van der Waals surface area contributed by atoms with Crippen molar-refractivity contribution in [1.29, 1.82) is 0 Å². The highest BCUT2D eigenvalue weighted by Gasteiger charge is 2.27. The van der Waals surface area contributed by atoms with Gasteiger partial charge < -0.3 is 19.9 Å². The monoisotopic (exact) mass is 227 g/mol. The minimum absolute atomic E-state index is 0.647. The Morgan fingerprint density at radius 3 is 2.69 bits per heavy atom. The molecule has 16 heavy (non-hydrogen) atoms. The molecule has 0 saturated carbocycles. The van der Waals surface area contributed by atoms with Crippen LogP contribution in [0.1, 0.15) is 6.42 Å². The van der Waals surface area contributed by atoms with Gasteiger partial charge in [0.05, 0.1) is 6.61 Å². The smallest absolute Gasteiger partial charge is 0.0521 e. The molecule has 2 saturated heterocycles. The molecular formula is C12H25N3O. The maximum Gasteiger partial charge on any atom is 0.0521 e. The predicted octanol–water partition coefficient (Wildman–Crippen LogP) is -0.142. The summed E-state index contributed by atoms with van der Waals surface area (Å²) < 4.78 is 5.60. The molecule has 4 heteroatoms. The van der Waals surface area contributed by atoms with E-state index in [1.165, 1.54) is 32.7 Å². The minimum Gasteiger partial charge on any atom is -0.381 e. The van der Waals surface area contributed by atoms with E-state index in [1.54, 1.807) is 0 Å². The fourth-order valence-corrected chi connectivity index (χ4v) is 2.72. The second-order valence-electron chi connectivity index (χ2n) is 5.12. The Kier molecular flexibility index (Phi) is 4.58. The largest absolute Gasteiger partial charge is 0.381 e. The second-order valence-corrected chi connectivity index (χ2v) is 5.12. The van der Waals surface area contributed by atoms with Crippen LogP contribution in [0.2, 0.25) is 0 Å². The van der Waals surface area contributed by atoms with Crippen LogP contribution in [-0.4, -0.2) is 75.9 Å². The van der Waals surface area contributed by atoms with Crippen LogP contribution in [0.4, 0.5) is 0 Å².